The van der Waals surface area contributed by atoms with E-state index in [4.69, 9.17) is 5.73 Å². The van der Waals surface area contributed by atoms with E-state index in [1.165, 1.54) is 64.6 Å². The topological polar surface area (TPSA) is 29.3 Å². The van der Waals surface area contributed by atoms with Crippen LogP contribution in [0.1, 0.15) is 58.8 Å². The van der Waals surface area contributed by atoms with Gasteiger partial charge >= 0.3 is 0 Å². The maximum absolute atomic E-state index is 6.18. The maximum Gasteiger partial charge on any atom is 0.0136 e. The van der Waals surface area contributed by atoms with E-state index in [1.807, 2.05) is 0 Å². The minimum atomic E-state index is 0.156. The number of hydrogen-bond acceptors (Lipinski definition) is 2. The molecule has 1 saturated heterocycles. The Morgan fingerprint density at radius 3 is 2.06 bits per heavy atom. The van der Waals surface area contributed by atoms with Gasteiger partial charge in [-0.15, -0.1) is 0 Å². The van der Waals surface area contributed by atoms with Gasteiger partial charge in [0.05, 0.1) is 0 Å². The van der Waals surface area contributed by atoms with Crippen LogP contribution in [0.3, 0.4) is 0 Å². The second-order valence-electron chi connectivity index (χ2n) is 7.64. The zero-order valence-electron chi connectivity index (χ0n) is 11.6. The fourth-order valence-corrected chi connectivity index (χ4v) is 4.48. The van der Waals surface area contributed by atoms with Gasteiger partial charge in [0, 0.05) is 12.1 Å². The Morgan fingerprint density at radius 2 is 1.65 bits per heavy atom. The highest BCUT2D eigenvalue weighted by molar-refractivity contribution is 5.07. The Labute approximate surface area is 106 Å². The number of rotatable bonds is 3. The fraction of sp³-hybridized carbons (Fsp3) is 1.00. The van der Waals surface area contributed by atoms with Gasteiger partial charge in [-0.3, -0.25) is 0 Å². The van der Waals surface area contributed by atoms with Gasteiger partial charge in [0.15, 0.2) is 0 Å². The molecule has 3 fully saturated rings. The van der Waals surface area contributed by atoms with Gasteiger partial charge in [-0.05, 0) is 75.8 Å². The highest BCUT2D eigenvalue weighted by Crippen LogP contribution is 2.54. The first-order valence-corrected chi connectivity index (χ1v) is 7.48. The molecule has 0 radical (unpaired) electrons. The molecule has 0 bridgehead atoms. The quantitative estimate of drug-likeness (QED) is 0.816. The number of piperidine rings is 1. The van der Waals surface area contributed by atoms with Crippen LogP contribution < -0.4 is 5.73 Å². The van der Waals surface area contributed by atoms with E-state index < -0.39 is 0 Å². The smallest absolute Gasteiger partial charge is 0.0136 e. The number of hydrogen-bond donors (Lipinski definition) is 1. The number of nitrogens with zero attached hydrogens (tertiary/aromatic N) is 1. The third-order valence-corrected chi connectivity index (χ3v) is 5.74. The molecule has 2 heteroatoms. The monoisotopic (exact) mass is 236 g/mol. The zero-order valence-corrected chi connectivity index (χ0v) is 11.6. The minimum absolute atomic E-state index is 0.156. The van der Waals surface area contributed by atoms with Crippen molar-refractivity contribution in [3.63, 3.8) is 0 Å². The lowest BCUT2D eigenvalue weighted by atomic mass is 9.54. The van der Waals surface area contributed by atoms with E-state index in [-0.39, 0.29) is 5.54 Å². The van der Waals surface area contributed by atoms with Crippen molar-refractivity contribution in [2.24, 2.45) is 16.6 Å². The lowest BCUT2D eigenvalue weighted by molar-refractivity contribution is -0.0262. The van der Waals surface area contributed by atoms with Crippen LogP contribution in [0.4, 0.5) is 0 Å². The first kappa shape index (κ1) is 12.0. The maximum atomic E-state index is 6.18. The molecule has 98 valence electrons. The molecule has 0 atom stereocenters. The minimum Gasteiger partial charge on any atom is -0.325 e. The average Bonchev–Trinajstić information content (AvgIpc) is 3.00. The highest BCUT2D eigenvalue weighted by atomic mass is 15.1. The van der Waals surface area contributed by atoms with Gasteiger partial charge in [0.2, 0.25) is 0 Å². The lowest BCUT2D eigenvalue weighted by Gasteiger charge is -2.56. The Morgan fingerprint density at radius 1 is 1.06 bits per heavy atom. The van der Waals surface area contributed by atoms with E-state index in [1.54, 1.807) is 0 Å². The Bertz CT molecular complexity index is 286. The molecule has 1 aliphatic heterocycles. The summed E-state index contributed by atoms with van der Waals surface area (Å²) in [7, 11) is 0. The van der Waals surface area contributed by atoms with Crippen LogP contribution in [0.15, 0.2) is 0 Å². The molecule has 17 heavy (non-hydrogen) atoms. The van der Waals surface area contributed by atoms with E-state index in [0.717, 1.165) is 5.41 Å². The van der Waals surface area contributed by atoms with Crippen molar-refractivity contribution >= 4 is 0 Å². The normalized spacial score (nSPS) is 33.4. The SMILES string of the molecule is CCC1(CN2CCC3(CC2)CC(C)(N)C3)CC1. The van der Waals surface area contributed by atoms with Crippen LogP contribution in [-0.2, 0) is 0 Å². The van der Waals surface area contributed by atoms with Gasteiger partial charge in [-0.1, -0.05) is 6.92 Å². The molecule has 0 aromatic carbocycles. The van der Waals surface area contributed by atoms with Gasteiger partial charge in [-0.25, -0.2) is 0 Å². The number of likely N-dealkylation sites (tertiary alicyclic amines) is 1. The molecule has 0 aromatic rings. The molecule has 3 rings (SSSR count). The summed E-state index contributed by atoms with van der Waals surface area (Å²) in [6.45, 7) is 8.63. The average molecular weight is 236 g/mol. The fourth-order valence-electron chi connectivity index (χ4n) is 4.48. The van der Waals surface area contributed by atoms with Gasteiger partial charge in [0.1, 0.15) is 0 Å². The van der Waals surface area contributed by atoms with Crippen molar-refractivity contribution in [3.8, 4) is 0 Å². The molecular weight excluding hydrogens is 208 g/mol. The molecule has 3 aliphatic rings. The standard InChI is InChI=1S/C15H28N2/c1-3-14(4-5-14)12-17-8-6-15(7-9-17)10-13(2,16)11-15/h3-12,16H2,1-2H3. The summed E-state index contributed by atoms with van der Waals surface area (Å²) in [5, 5.41) is 0. The molecule has 2 N–H and O–H groups in total. The van der Waals surface area contributed by atoms with Crippen molar-refractivity contribution in [3.05, 3.63) is 0 Å². The van der Waals surface area contributed by atoms with Crippen LogP contribution >= 0.6 is 0 Å². The second kappa shape index (κ2) is 3.71. The summed E-state index contributed by atoms with van der Waals surface area (Å²) in [5.41, 5.74) is 7.71. The van der Waals surface area contributed by atoms with Crippen molar-refractivity contribution in [1.82, 2.24) is 4.90 Å². The third-order valence-electron chi connectivity index (χ3n) is 5.74. The van der Waals surface area contributed by atoms with Crippen molar-refractivity contribution in [2.75, 3.05) is 19.6 Å². The summed E-state index contributed by atoms with van der Waals surface area (Å²) in [6.07, 6.45) is 9.69. The van der Waals surface area contributed by atoms with Crippen molar-refractivity contribution in [2.45, 2.75) is 64.3 Å². The molecule has 0 unspecified atom stereocenters. The predicted octanol–water partition coefficient (Wildman–Crippen LogP) is 2.77. The first-order chi connectivity index (χ1) is 7.97. The summed E-state index contributed by atoms with van der Waals surface area (Å²) >= 11 is 0. The molecule has 0 amide bonds. The van der Waals surface area contributed by atoms with E-state index in [2.05, 4.69) is 18.7 Å². The lowest BCUT2D eigenvalue weighted by Crippen LogP contribution is -2.59. The van der Waals surface area contributed by atoms with E-state index in [0.29, 0.717) is 5.41 Å². The molecule has 2 aliphatic carbocycles. The van der Waals surface area contributed by atoms with Gasteiger partial charge in [0.25, 0.3) is 0 Å². The molecule has 2 saturated carbocycles. The molecule has 2 nitrogen and oxygen atoms in total. The van der Waals surface area contributed by atoms with Crippen molar-refractivity contribution in [1.29, 1.82) is 0 Å². The summed E-state index contributed by atoms with van der Waals surface area (Å²) in [4.78, 5) is 2.73. The molecule has 0 aromatic heterocycles. The summed E-state index contributed by atoms with van der Waals surface area (Å²) < 4.78 is 0. The molecule has 1 heterocycles. The summed E-state index contributed by atoms with van der Waals surface area (Å²) in [5.74, 6) is 0. The van der Waals surface area contributed by atoms with Gasteiger partial charge < -0.3 is 10.6 Å². The van der Waals surface area contributed by atoms with E-state index >= 15 is 0 Å². The first-order valence-electron chi connectivity index (χ1n) is 7.48. The summed E-state index contributed by atoms with van der Waals surface area (Å²) in [6, 6.07) is 0. The van der Waals surface area contributed by atoms with Crippen LogP contribution in [0.25, 0.3) is 0 Å². The Balaban J connectivity index is 1.48. The highest BCUT2D eigenvalue weighted by Gasteiger charge is 2.51. The Hall–Kier alpha value is -0.0800. The number of nitrogens with two attached hydrogens (primary N) is 1. The van der Waals surface area contributed by atoms with E-state index in [9.17, 15) is 0 Å². The zero-order chi connectivity index (χ0) is 12.1. The Kier molecular flexibility index (Phi) is 2.61. The second-order valence-corrected chi connectivity index (χ2v) is 7.64. The van der Waals surface area contributed by atoms with Crippen LogP contribution in [0.2, 0.25) is 0 Å². The molecular formula is C15H28N2. The van der Waals surface area contributed by atoms with Crippen LogP contribution in [0, 0.1) is 10.8 Å². The molecule has 1 spiro atoms. The largest absolute Gasteiger partial charge is 0.325 e. The predicted molar refractivity (Wildman–Crippen MR) is 71.9 cm³/mol. The van der Waals surface area contributed by atoms with Crippen LogP contribution in [-0.4, -0.2) is 30.1 Å². The van der Waals surface area contributed by atoms with Gasteiger partial charge in [-0.2, -0.15) is 0 Å². The third kappa shape index (κ3) is 2.26. The van der Waals surface area contributed by atoms with Crippen LogP contribution in [0.5, 0.6) is 0 Å². The van der Waals surface area contributed by atoms with Crippen molar-refractivity contribution < 1.29 is 0 Å².